The first-order valence-electron chi connectivity index (χ1n) is 7.50. The zero-order valence-corrected chi connectivity index (χ0v) is 15.2. The highest BCUT2D eigenvalue weighted by atomic mass is 35.5. The van der Waals surface area contributed by atoms with Crippen molar-refractivity contribution in [2.75, 3.05) is 11.9 Å². The summed E-state index contributed by atoms with van der Waals surface area (Å²) in [6.45, 7) is -0.692. The number of para-hydroxylation sites is 1. The maximum absolute atomic E-state index is 13.4. The van der Waals surface area contributed by atoms with Gasteiger partial charge in [0, 0.05) is 16.1 Å². The minimum atomic E-state index is -0.954. The van der Waals surface area contributed by atoms with E-state index in [0.29, 0.717) is 15.6 Å². The molecular weight excluding hydrogens is 398 g/mol. The molecule has 0 radical (unpaired) electrons. The average Bonchev–Trinajstić information content (AvgIpc) is 2.61. The van der Waals surface area contributed by atoms with Crippen LogP contribution in [0.25, 0.3) is 6.08 Å². The maximum atomic E-state index is 13.4. The van der Waals surface area contributed by atoms with Crippen molar-refractivity contribution in [3.8, 4) is 0 Å². The summed E-state index contributed by atoms with van der Waals surface area (Å²) >= 11 is 11.7. The van der Waals surface area contributed by atoms with Crippen molar-refractivity contribution in [3.63, 3.8) is 0 Å². The SMILES string of the molecule is O=C(COC(=O)/C=C/c1ccc(Cl)cc1Cl)NC(=O)Nc1ccccc1F. The maximum Gasteiger partial charge on any atom is 0.331 e. The van der Waals surface area contributed by atoms with Crippen LogP contribution in [0.3, 0.4) is 0 Å². The van der Waals surface area contributed by atoms with Gasteiger partial charge in [-0.05, 0) is 35.9 Å². The second kappa shape index (κ2) is 9.70. The number of hydrogen-bond donors (Lipinski definition) is 2. The summed E-state index contributed by atoms with van der Waals surface area (Å²) in [5.41, 5.74) is 0.439. The number of rotatable bonds is 5. The molecule has 27 heavy (non-hydrogen) atoms. The minimum Gasteiger partial charge on any atom is -0.452 e. The van der Waals surface area contributed by atoms with Gasteiger partial charge in [0.2, 0.25) is 0 Å². The van der Waals surface area contributed by atoms with Crippen LogP contribution in [0.2, 0.25) is 10.0 Å². The van der Waals surface area contributed by atoms with Crippen molar-refractivity contribution in [1.29, 1.82) is 0 Å². The van der Waals surface area contributed by atoms with Gasteiger partial charge in [-0.25, -0.2) is 14.0 Å². The Morgan fingerprint density at radius 3 is 2.56 bits per heavy atom. The summed E-state index contributed by atoms with van der Waals surface area (Å²) < 4.78 is 18.1. The van der Waals surface area contributed by atoms with E-state index in [1.807, 2.05) is 5.32 Å². The number of carbonyl (C=O) groups excluding carboxylic acids is 3. The van der Waals surface area contributed by atoms with E-state index in [4.69, 9.17) is 27.9 Å². The van der Waals surface area contributed by atoms with Gasteiger partial charge in [-0.3, -0.25) is 10.1 Å². The molecule has 0 unspecified atom stereocenters. The summed E-state index contributed by atoms with van der Waals surface area (Å²) in [5, 5.41) is 4.86. The molecule has 0 spiro atoms. The quantitative estimate of drug-likeness (QED) is 0.575. The van der Waals surface area contributed by atoms with E-state index in [-0.39, 0.29) is 5.69 Å². The second-order valence-electron chi connectivity index (χ2n) is 5.09. The molecule has 2 aromatic rings. The van der Waals surface area contributed by atoms with Gasteiger partial charge < -0.3 is 10.1 Å². The summed E-state index contributed by atoms with van der Waals surface area (Å²) in [6, 6.07) is 9.20. The van der Waals surface area contributed by atoms with Crippen LogP contribution < -0.4 is 10.6 Å². The lowest BCUT2D eigenvalue weighted by atomic mass is 10.2. The van der Waals surface area contributed by atoms with E-state index in [2.05, 4.69) is 5.32 Å². The molecule has 0 atom stereocenters. The first kappa shape index (κ1) is 20.4. The van der Waals surface area contributed by atoms with Gasteiger partial charge in [0.25, 0.3) is 5.91 Å². The third-order valence-corrected chi connectivity index (χ3v) is 3.64. The molecular formula is C18H13Cl2FN2O4. The Hall–Kier alpha value is -2.90. The molecule has 2 aromatic carbocycles. The van der Waals surface area contributed by atoms with Gasteiger partial charge in [-0.15, -0.1) is 0 Å². The fourth-order valence-corrected chi connectivity index (χ4v) is 2.33. The number of ether oxygens (including phenoxy) is 1. The van der Waals surface area contributed by atoms with Crippen LogP contribution in [0.4, 0.5) is 14.9 Å². The molecule has 6 nitrogen and oxygen atoms in total. The van der Waals surface area contributed by atoms with Gasteiger partial charge in [0.15, 0.2) is 6.61 Å². The Morgan fingerprint density at radius 1 is 1.11 bits per heavy atom. The summed E-state index contributed by atoms with van der Waals surface area (Å²) in [7, 11) is 0. The van der Waals surface area contributed by atoms with Gasteiger partial charge in [-0.2, -0.15) is 0 Å². The van der Waals surface area contributed by atoms with Crippen LogP contribution in [0.5, 0.6) is 0 Å². The highest BCUT2D eigenvalue weighted by molar-refractivity contribution is 6.35. The molecule has 0 fully saturated rings. The van der Waals surface area contributed by atoms with Gasteiger partial charge in [0.05, 0.1) is 5.69 Å². The summed E-state index contributed by atoms with van der Waals surface area (Å²) in [4.78, 5) is 34.8. The van der Waals surface area contributed by atoms with E-state index in [1.54, 1.807) is 12.1 Å². The summed E-state index contributed by atoms with van der Waals surface area (Å²) in [6.07, 6.45) is 2.46. The van der Waals surface area contributed by atoms with E-state index < -0.39 is 30.3 Å². The smallest absolute Gasteiger partial charge is 0.331 e. The number of esters is 1. The predicted molar refractivity (Wildman–Crippen MR) is 100 cm³/mol. The number of benzene rings is 2. The van der Waals surface area contributed by atoms with Crippen LogP contribution in [0.1, 0.15) is 5.56 Å². The number of carbonyl (C=O) groups is 3. The highest BCUT2D eigenvalue weighted by Crippen LogP contribution is 2.21. The monoisotopic (exact) mass is 410 g/mol. The van der Waals surface area contributed by atoms with Crippen molar-refractivity contribution in [1.82, 2.24) is 5.32 Å². The Kier molecular flexibility index (Phi) is 7.34. The number of imide groups is 1. The topological polar surface area (TPSA) is 84.5 Å². The number of amides is 3. The molecule has 3 amide bonds. The molecule has 0 aromatic heterocycles. The molecule has 0 heterocycles. The number of nitrogens with one attached hydrogen (secondary N) is 2. The van der Waals surface area contributed by atoms with Crippen molar-refractivity contribution in [2.24, 2.45) is 0 Å². The molecule has 140 valence electrons. The van der Waals surface area contributed by atoms with Crippen LogP contribution in [-0.4, -0.2) is 24.5 Å². The third-order valence-electron chi connectivity index (χ3n) is 3.08. The zero-order valence-electron chi connectivity index (χ0n) is 13.7. The molecule has 0 saturated carbocycles. The second-order valence-corrected chi connectivity index (χ2v) is 5.93. The lowest BCUT2D eigenvalue weighted by Crippen LogP contribution is -2.37. The predicted octanol–water partition coefficient (Wildman–Crippen LogP) is 4.04. The van der Waals surface area contributed by atoms with Crippen molar-refractivity contribution >= 4 is 52.9 Å². The molecule has 0 bridgehead atoms. The first-order chi connectivity index (χ1) is 12.8. The van der Waals surface area contributed by atoms with Gasteiger partial charge in [-0.1, -0.05) is 41.4 Å². The van der Waals surface area contributed by atoms with Crippen LogP contribution >= 0.6 is 23.2 Å². The van der Waals surface area contributed by atoms with Crippen molar-refractivity contribution in [3.05, 3.63) is 70.0 Å². The van der Waals surface area contributed by atoms with E-state index in [0.717, 1.165) is 12.1 Å². The van der Waals surface area contributed by atoms with Gasteiger partial charge in [0.1, 0.15) is 5.82 Å². The van der Waals surface area contributed by atoms with E-state index in [9.17, 15) is 18.8 Å². The fraction of sp³-hybridized carbons (Fsp3) is 0.0556. The van der Waals surface area contributed by atoms with Gasteiger partial charge >= 0.3 is 12.0 Å². The Bertz CT molecular complexity index is 903. The fourth-order valence-electron chi connectivity index (χ4n) is 1.86. The van der Waals surface area contributed by atoms with Crippen molar-refractivity contribution < 1.29 is 23.5 Å². The average molecular weight is 411 g/mol. The highest BCUT2D eigenvalue weighted by Gasteiger charge is 2.11. The molecule has 2 N–H and O–H groups in total. The molecule has 0 aliphatic rings. The first-order valence-corrected chi connectivity index (χ1v) is 8.26. The molecule has 0 aliphatic carbocycles. The minimum absolute atomic E-state index is 0.0948. The number of urea groups is 1. The lowest BCUT2D eigenvalue weighted by Gasteiger charge is -2.07. The number of hydrogen-bond acceptors (Lipinski definition) is 4. The van der Waals surface area contributed by atoms with E-state index >= 15 is 0 Å². The Morgan fingerprint density at radius 2 is 1.85 bits per heavy atom. The normalized spacial score (nSPS) is 10.5. The molecule has 0 saturated heterocycles. The Labute approximate surface area is 163 Å². The molecule has 9 heteroatoms. The van der Waals surface area contributed by atoms with Crippen LogP contribution in [0.15, 0.2) is 48.5 Å². The van der Waals surface area contributed by atoms with Crippen LogP contribution in [0, 0.1) is 5.82 Å². The van der Waals surface area contributed by atoms with E-state index in [1.165, 1.54) is 30.3 Å². The molecule has 0 aliphatic heterocycles. The number of anilines is 1. The molecule has 2 rings (SSSR count). The Balaban J connectivity index is 1.79. The lowest BCUT2D eigenvalue weighted by molar-refractivity contribution is -0.143. The zero-order chi connectivity index (χ0) is 19.8. The van der Waals surface area contributed by atoms with Crippen molar-refractivity contribution in [2.45, 2.75) is 0 Å². The standard InChI is InChI=1S/C18H13Cl2FN2O4/c19-12-7-5-11(13(20)9-12)6-8-17(25)27-10-16(24)23-18(26)22-15-4-2-1-3-14(15)21/h1-9H,10H2,(H2,22,23,24,26)/b8-6+. The third kappa shape index (κ3) is 6.73. The summed E-state index contributed by atoms with van der Waals surface area (Å²) in [5.74, 6) is -2.35. The van der Waals surface area contributed by atoms with Crippen LogP contribution in [-0.2, 0) is 14.3 Å². The largest absolute Gasteiger partial charge is 0.452 e. The number of halogens is 3.